The molecule has 0 saturated carbocycles. The van der Waals surface area contributed by atoms with Crippen molar-refractivity contribution in [3.05, 3.63) is 58.6 Å². The van der Waals surface area contributed by atoms with Gasteiger partial charge in [0.05, 0.1) is 11.6 Å². The zero-order valence-electron chi connectivity index (χ0n) is 11.2. The van der Waals surface area contributed by atoms with E-state index in [0.29, 0.717) is 22.9 Å². The number of rotatable bonds is 5. The van der Waals surface area contributed by atoms with Crippen molar-refractivity contribution < 1.29 is 19.0 Å². The van der Waals surface area contributed by atoms with Crippen molar-refractivity contribution in [1.82, 2.24) is 0 Å². The third kappa shape index (κ3) is 3.17. The fraction of sp³-hybridized carbons (Fsp3) is 0.188. The number of Topliss-reactive ketones (excluding diaryl/α,β-unsaturated/α-hetero) is 1. The van der Waals surface area contributed by atoms with Crippen LogP contribution in [-0.4, -0.2) is 19.2 Å². The lowest BCUT2D eigenvalue weighted by Crippen LogP contribution is -2.09. The van der Waals surface area contributed by atoms with Crippen LogP contribution in [0.4, 0.5) is 0 Å². The van der Waals surface area contributed by atoms with Crippen molar-refractivity contribution in [3.63, 3.8) is 0 Å². The number of halogens is 1. The van der Waals surface area contributed by atoms with Crippen LogP contribution < -0.4 is 9.47 Å². The molecule has 1 aliphatic heterocycles. The summed E-state index contributed by atoms with van der Waals surface area (Å²) in [5, 5.41) is 0.439. The average molecular weight is 305 g/mol. The van der Waals surface area contributed by atoms with Gasteiger partial charge >= 0.3 is 0 Å². The van der Waals surface area contributed by atoms with Gasteiger partial charge in [0.15, 0.2) is 17.3 Å². The third-order valence-corrected chi connectivity index (χ3v) is 3.44. The van der Waals surface area contributed by atoms with Gasteiger partial charge in [0.2, 0.25) is 6.79 Å². The van der Waals surface area contributed by atoms with Crippen molar-refractivity contribution in [2.75, 3.05) is 13.4 Å². The van der Waals surface area contributed by atoms with Gasteiger partial charge in [-0.3, -0.25) is 4.79 Å². The zero-order chi connectivity index (χ0) is 14.7. The quantitative estimate of drug-likeness (QED) is 0.793. The fourth-order valence-corrected chi connectivity index (χ4v) is 2.30. The van der Waals surface area contributed by atoms with Crippen LogP contribution in [0.1, 0.15) is 15.9 Å². The van der Waals surface area contributed by atoms with E-state index < -0.39 is 0 Å². The molecule has 0 atom stereocenters. The summed E-state index contributed by atoms with van der Waals surface area (Å²) >= 11 is 5.97. The molecule has 4 nitrogen and oxygen atoms in total. The number of hydrogen-bond donors (Lipinski definition) is 0. The minimum absolute atomic E-state index is 0.0157. The minimum atomic E-state index is -0.138. The van der Waals surface area contributed by atoms with Gasteiger partial charge in [0.25, 0.3) is 0 Å². The zero-order valence-corrected chi connectivity index (χ0v) is 11.9. The number of fused-ring (bicyclic) bond motifs is 1. The highest BCUT2D eigenvalue weighted by atomic mass is 35.5. The van der Waals surface area contributed by atoms with Crippen molar-refractivity contribution in [2.24, 2.45) is 0 Å². The first-order valence-corrected chi connectivity index (χ1v) is 6.86. The summed E-state index contributed by atoms with van der Waals surface area (Å²) in [7, 11) is 0. The van der Waals surface area contributed by atoms with Crippen molar-refractivity contribution in [2.45, 2.75) is 6.61 Å². The van der Waals surface area contributed by atoms with Crippen molar-refractivity contribution in [1.29, 1.82) is 0 Å². The lowest BCUT2D eigenvalue weighted by Gasteiger charge is -2.06. The van der Waals surface area contributed by atoms with Gasteiger partial charge in [-0.05, 0) is 29.8 Å². The van der Waals surface area contributed by atoms with E-state index in [2.05, 4.69) is 0 Å². The van der Waals surface area contributed by atoms with E-state index in [-0.39, 0.29) is 19.2 Å². The number of benzene rings is 2. The fourth-order valence-electron chi connectivity index (χ4n) is 2.06. The van der Waals surface area contributed by atoms with E-state index in [4.69, 9.17) is 25.8 Å². The Morgan fingerprint density at radius 3 is 2.81 bits per heavy atom. The van der Waals surface area contributed by atoms with Gasteiger partial charge in [-0.15, -0.1) is 0 Å². The number of carbonyl (C=O) groups is 1. The summed E-state index contributed by atoms with van der Waals surface area (Å²) in [6, 6.07) is 12.5. The molecule has 2 aromatic rings. The third-order valence-electron chi connectivity index (χ3n) is 3.11. The molecule has 3 rings (SSSR count). The van der Waals surface area contributed by atoms with Crippen LogP contribution in [0.3, 0.4) is 0 Å². The molecule has 1 aliphatic rings. The molecule has 108 valence electrons. The first-order valence-electron chi connectivity index (χ1n) is 6.48. The molecule has 0 spiro atoms. The maximum atomic E-state index is 12.0. The molecule has 0 amide bonds. The maximum absolute atomic E-state index is 12.0. The molecular weight excluding hydrogens is 292 g/mol. The smallest absolute Gasteiger partial charge is 0.231 e. The molecular formula is C16H13ClO4. The minimum Gasteiger partial charge on any atom is -0.454 e. The normalized spacial score (nSPS) is 12.4. The predicted molar refractivity (Wildman–Crippen MR) is 78.0 cm³/mol. The van der Waals surface area contributed by atoms with Crippen molar-refractivity contribution in [3.8, 4) is 11.5 Å². The Bertz CT molecular complexity index is 669. The summed E-state index contributed by atoms with van der Waals surface area (Å²) in [6.07, 6.45) is 0. The molecule has 0 aromatic heterocycles. The molecule has 0 N–H and O–H groups in total. The van der Waals surface area contributed by atoms with Crippen LogP contribution in [0, 0.1) is 0 Å². The van der Waals surface area contributed by atoms with Crippen LogP contribution in [0.25, 0.3) is 0 Å². The molecule has 0 aliphatic carbocycles. The summed E-state index contributed by atoms with van der Waals surface area (Å²) in [5.41, 5.74) is 1.40. The van der Waals surface area contributed by atoms with E-state index in [9.17, 15) is 4.79 Å². The summed E-state index contributed by atoms with van der Waals surface area (Å²) in [4.78, 5) is 12.0. The Kier molecular flexibility index (Phi) is 4.08. The van der Waals surface area contributed by atoms with Crippen LogP contribution in [0.5, 0.6) is 11.5 Å². The Balaban J connectivity index is 1.57. The van der Waals surface area contributed by atoms with E-state index in [1.165, 1.54) is 0 Å². The monoisotopic (exact) mass is 304 g/mol. The Morgan fingerprint density at radius 2 is 1.95 bits per heavy atom. The molecule has 21 heavy (non-hydrogen) atoms. The molecule has 0 unspecified atom stereocenters. The number of hydrogen-bond acceptors (Lipinski definition) is 4. The SMILES string of the molecule is O=C(COCc1ccc2c(c1)OCO2)c1ccccc1Cl. The highest BCUT2D eigenvalue weighted by molar-refractivity contribution is 6.34. The highest BCUT2D eigenvalue weighted by Crippen LogP contribution is 2.32. The van der Waals surface area contributed by atoms with E-state index in [1.807, 2.05) is 18.2 Å². The van der Waals surface area contributed by atoms with Gasteiger partial charge in [-0.2, -0.15) is 0 Å². The van der Waals surface area contributed by atoms with Gasteiger partial charge in [0, 0.05) is 5.56 Å². The average Bonchev–Trinajstić information content (AvgIpc) is 2.95. The largest absolute Gasteiger partial charge is 0.454 e. The Hall–Kier alpha value is -2.04. The van der Waals surface area contributed by atoms with E-state index in [1.54, 1.807) is 24.3 Å². The van der Waals surface area contributed by atoms with Gasteiger partial charge in [-0.25, -0.2) is 0 Å². The lowest BCUT2D eigenvalue weighted by atomic mass is 10.1. The van der Waals surface area contributed by atoms with Crippen LogP contribution in [0.15, 0.2) is 42.5 Å². The second-order valence-corrected chi connectivity index (χ2v) is 4.99. The molecule has 0 radical (unpaired) electrons. The van der Waals surface area contributed by atoms with Crippen molar-refractivity contribution >= 4 is 17.4 Å². The van der Waals surface area contributed by atoms with E-state index >= 15 is 0 Å². The number of carbonyl (C=O) groups excluding carboxylic acids is 1. The molecule has 5 heteroatoms. The number of ketones is 1. The van der Waals surface area contributed by atoms with Crippen LogP contribution in [-0.2, 0) is 11.3 Å². The van der Waals surface area contributed by atoms with Crippen LogP contribution >= 0.6 is 11.6 Å². The van der Waals surface area contributed by atoms with Crippen LogP contribution in [0.2, 0.25) is 5.02 Å². The maximum Gasteiger partial charge on any atom is 0.231 e. The Labute approximate surface area is 127 Å². The molecule has 0 saturated heterocycles. The molecule has 1 heterocycles. The summed E-state index contributed by atoms with van der Waals surface area (Å²) in [5.74, 6) is 1.29. The second-order valence-electron chi connectivity index (χ2n) is 4.58. The molecule has 0 fully saturated rings. The first kappa shape index (κ1) is 13.9. The van der Waals surface area contributed by atoms with Gasteiger partial charge in [-0.1, -0.05) is 29.8 Å². The Morgan fingerprint density at radius 1 is 1.14 bits per heavy atom. The summed E-state index contributed by atoms with van der Waals surface area (Å²) in [6.45, 7) is 0.551. The standard InChI is InChI=1S/C16H13ClO4/c17-13-4-2-1-3-12(13)14(18)9-19-8-11-5-6-15-16(7-11)21-10-20-15/h1-7H,8-10H2. The number of ether oxygens (including phenoxy) is 3. The lowest BCUT2D eigenvalue weighted by molar-refractivity contribution is 0.0726. The summed E-state index contributed by atoms with van der Waals surface area (Å²) < 4.78 is 16.0. The second kappa shape index (κ2) is 6.16. The van der Waals surface area contributed by atoms with E-state index in [0.717, 1.165) is 11.3 Å². The first-order chi connectivity index (χ1) is 10.2. The molecule has 2 aromatic carbocycles. The molecule has 0 bridgehead atoms. The van der Waals surface area contributed by atoms with Gasteiger partial charge in [0.1, 0.15) is 6.61 Å². The highest BCUT2D eigenvalue weighted by Gasteiger charge is 2.14. The van der Waals surface area contributed by atoms with Gasteiger partial charge < -0.3 is 14.2 Å². The topological polar surface area (TPSA) is 44.8 Å². The predicted octanol–water partition coefficient (Wildman–Crippen LogP) is 3.47.